The molecule has 0 aliphatic heterocycles. The summed E-state index contributed by atoms with van der Waals surface area (Å²) in [4.78, 5) is 25.2. The molecule has 0 fully saturated rings. The lowest BCUT2D eigenvalue weighted by Gasteiger charge is -2.27. The van der Waals surface area contributed by atoms with Gasteiger partial charge in [0.1, 0.15) is 0 Å². The highest BCUT2D eigenvalue weighted by Crippen LogP contribution is 2.24. The average molecular weight is 267 g/mol. The minimum atomic E-state index is -1.01. The second-order valence-corrected chi connectivity index (χ2v) is 4.70. The van der Waals surface area contributed by atoms with Gasteiger partial charge in [-0.05, 0) is 30.9 Å². The van der Waals surface area contributed by atoms with Crippen LogP contribution < -0.4 is 0 Å². The van der Waals surface area contributed by atoms with E-state index in [4.69, 9.17) is 0 Å². The average Bonchev–Trinajstić information content (AvgIpc) is 2.35. The minimum Gasteiger partial charge on any atom is -0.479 e. The fraction of sp³-hybridized carbons (Fsp3) is 0.385. The normalized spacial score (nSPS) is 11.9. The summed E-state index contributed by atoms with van der Waals surface area (Å²) in [6.07, 6.45) is 1.96. The molecule has 4 nitrogen and oxygen atoms in total. The van der Waals surface area contributed by atoms with Gasteiger partial charge in [-0.25, -0.2) is 4.79 Å². The summed E-state index contributed by atoms with van der Waals surface area (Å²) >= 11 is 1.59. The molecule has 0 saturated carbocycles. The number of carboxylic acids is 1. The van der Waals surface area contributed by atoms with Crippen molar-refractivity contribution in [3.63, 3.8) is 0 Å². The predicted molar refractivity (Wildman–Crippen MR) is 71.7 cm³/mol. The third-order valence-corrected chi connectivity index (χ3v) is 3.47. The van der Waals surface area contributed by atoms with Crippen molar-refractivity contribution < 1.29 is 14.7 Å². The van der Waals surface area contributed by atoms with E-state index in [0.29, 0.717) is 12.1 Å². The van der Waals surface area contributed by atoms with E-state index >= 15 is 0 Å². The second-order valence-electron chi connectivity index (χ2n) is 3.82. The molecule has 0 aliphatic rings. The van der Waals surface area contributed by atoms with Crippen LogP contribution in [0.1, 0.15) is 25.5 Å². The van der Waals surface area contributed by atoms with E-state index in [-0.39, 0.29) is 5.91 Å². The van der Waals surface area contributed by atoms with Gasteiger partial charge >= 0.3 is 5.97 Å². The van der Waals surface area contributed by atoms with Crippen LogP contribution in [0, 0.1) is 0 Å². The van der Waals surface area contributed by atoms with Gasteiger partial charge in [-0.1, -0.05) is 12.1 Å². The Morgan fingerprint density at radius 3 is 2.22 bits per heavy atom. The number of aliphatic carboxylic acids is 1. The van der Waals surface area contributed by atoms with Crippen LogP contribution in [0.2, 0.25) is 0 Å². The first kappa shape index (κ1) is 14.6. The molecule has 1 atom stereocenters. The Kier molecular flexibility index (Phi) is 5.22. The Labute approximate surface area is 111 Å². The van der Waals surface area contributed by atoms with Crippen molar-refractivity contribution in [2.75, 3.05) is 12.8 Å². The Hall–Kier alpha value is -1.49. The number of rotatable bonds is 5. The summed E-state index contributed by atoms with van der Waals surface area (Å²) in [5.41, 5.74) is 0.623. The predicted octanol–water partition coefficient (Wildman–Crippen LogP) is 2.40. The molecule has 0 aromatic heterocycles. The Bertz CT molecular complexity index is 430. The molecule has 5 heteroatoms. The Morgan fingerprint density at radius 1 is 1.33 bits per heavy atom. The van der Waals surface area contributed by atoms with E-state index in [9.17, 15) is 14.7 Å². The number of carboxylic acid groups (broad SMARTS) is 1. The lowest BCUT2D eigenvalue weighted by Crippen LogP contribution is -2.37. The largest absolute Gasteiger partial charge is 0.479 e. The van der Waals surface area contributed by atoms with Gasteiger partial charge in [0.25, 0.3) is 0 Å². The molecular formula is C13H17NO3S. The fourth-order valence-electron chi connectivity index (χ4n) is 1.83. The molecule has 1 unspecified atom stereocenters. The molecule has 1 amide bonds. The standard InChI is InChI=1S/C13H17NO3S/c1-4-14(9(2)15)12(13(16)17)10-5-7-11(18-3)8-6-10/h5-8,12H,4H2,1-3H3,(H,16,17). The number of hydrogen-bond donors (Lipinski definition) is 1. The van der Waals surface area contributed by atoms with Crippen molar-refractivity contribution in [3.8, 4) is 0 Å². The van der Waals surface area contributed by atoms with Gasteiger partial charge in [-0.3, -0.25) is 4.79 Å². The number of carbonyl (C=O) groups excluding carboxylic acids is 1. The first-order chi connectivity index (χ1) is 8.51. The zero-order chi connectivity index (χ0) is 13.7. The first-order valence-corrected chi connectivity index (χ1v) is 6.87. The van der Waals surface area contributed by atoms with Crippen LogP contribution in [0.5, 0.6) is 0 Å². The maximum absolute atomic E-state index is 11.5. The molecule has 0 radical (unpaired) electrons. The molecular weight excluding hydrogens is 250 g/mol. The molecule has 1 aromatic rings. The smallest absolute Gasteiger partial charge is 0.331 e. The first-order valence-electron chi connectivity index (χ1n) is 5.65. The third-order valence-electron chi connectivity index (χ3n) is 2.72. The van der Waals surface area contributed by atoms with E-state index in [1.54, 1.807) is 30.8 Å². The van der Waals surface area contributed by atoms with Gasteiger partial charge < -0.3 is 10.0 Å². The molecule has 1 aromatic carbocycles. The molecule has 98 valence electrons. The number of thioether (sulfide) groups is 1. The molecule has 0 saturated heterocycles. The van der Waals surface area contributed by atoms with Gasteiger partial charge in [0.2, 0.25) is 5.91 Å². The SMILES string of the molecule is CCN(C(C)=O)C(C(=O)O)c1ccc(SC)cc1. The monoisotopic (exact) mass is 267 g/mol. The van der Waals surface area contributed by atoms with Crippen LogP contribution in [0.4, 0.5) is 0 Å². The number of likely N-dealkylation sites (N-methyl/N-ethyl adjacent to an activating group) is 1. The molecule has 0 aliphatic carbocycles. The van der Waals surface area contributed by atoms with E-state index in [1.807, 2.05) is 18.4 Å². The van der Waals surface area contributed by atoms with Gasteiger partial charge in [-0.15, -0.1) is 11.8 Å². The highest BCUT2D eigenvalue weighted by Gasteiger charge is 2.28. The second kappa shape index (κ2) is 6.44. The van der Waals surface area contributed by atoms with Crippen LogP contribution in [0.3, 0.4) is 0 Å². The van der Waals surface area contributed by atoms with Gasteiger partial charge in [0.15, 0.2) is 6.04 Å². The maximum atomic E-state index is 11.5. The minimum absolute atomic E-state index is 0.237. The molecule has 18 heavy (non-hydrogen) atoms. The number of amides is 1. The molecule has 0 heterocycles. The van der Waals surface area contributed by atoms with Crippen molar-refractivity contribution in [1.29, 1.82) is 0 Å². The Balaban J connectivity index is 3.10. The Morgan fingerprint density at radius 2 is 1.89 bits per heavy atom. The summed E-state index contributed by atoms with van der Waals surface area (Å²) in [7, 11) is 0. The van der Waals surface area contributed by atoms with Crippen molar-refractivity contribution in [2.45, 2.75) is 24.8 Å². The van der Waals surface area contributed by atoms with Crippen LogP contribution >= 0.6 is 11.8 Å². The summed E-state index contributed by atoms with van der Waals surface area (Å²) in [5.74, 6) is -1.25. The molecule has 1 N–H and O–H groups in total. The van der Waals surface area contributed by atoms with Gasteiger partial charge in [0, 0.05) is 18.4 Å². The van der Waals surface area contributed by atoms with Crippen LogP contribution in [-0.4, -0.2) is 34.7 Å². The van der Waals surface area contributed by atoms with Crippen molar-refractivity contribution >= 4 is 23.6 Å². The number of benzene rings is 1. The summed E-state index contributed by atoms with van der Waals surface area (Å²) in [6, 6.07) is 6.34. The number of carbonyl (C=O) groups is 2. The van der Waals surface area contributed by atoms with Crippen LogP contribution in [0.25, 0.3) is 0 Å². The number of nitrogens with zero attached hydrogens (tertiary/aromatic N) is 1. The van der Waals surface area contributed by atoms with E-state index in [2.05, 4.69) is 0 Å². The van der Waals surface area contributed by atoms with Crippen molar-refractivity contribution in [1.82, 2.24) is 4.90 Å². The van der Waals surface area contributed by atoms with E-state index < -0.39 is 12.0 Å². The third kappa shape index (κ3) is 3.26. The molecule has 0 bridgehead atoms. The summed E-state index contributed by atoms with van der Waals surface area (Å²) in [5, 5.41) is 9.30. The van der Waals surface area contributed by atoms with E-state index in [0.717, 1.165) is 4.90 Å². The highest BCUT2D eigenvalue weighted by atomic mass is 32.2. The van der Waals surface area contributed by atoms with Crippen LogP contribution in [0.15, 0.2) is 29.2 Å². The van der Waals surface area contributed by atoms with E-state index in [1.165, 1.54) is 11.8 Å². The lowest BCUT2D eigenvalue weighted by molar-refractivity contribution is -0.149. The van der Waals surface area contributed by atoms with Crippen molar-refractivity contribution in [3.05, 3.63) is 29.8 Å². The fourth-order valence-corrected chi connectivity index (χ4v) is 2.24. The maximum Gasteiger partial charge on any atom is 0.331 e. The molecule has 1 rings (SSSR count). The van der Waals surface area contributed by atoms with Gasteiger partial charge in [-0.2, -0.15) is 0 Å². The highest BCUT2D eigenvalue weighted by molar-refractivity contribution is 7.98. The quantitative estimate of drug-likeness (QED) is 0.832. The lowest BCUT2D eigenvalue weighted by atomic mass is 10.1. The van der Waals surface area contributed by atoms with Gasteiger partial charge in [0.05, 0.1) is 0 Å². The van der Waals surface area contributed by atoms with Crippen molar-refractivity contribution in [2.24, 2.45) is 0 Å². The summed E-state index contributed by atoms with van der Waals surface area (Å²) < 4.78 is 0. The molecule has 0 spiro atoms. The topological polar surface area (TPSA) is 57.6 Å². The zero-order valence-corrected chi connectivity index (χ0v) is 11.5. The van der Waals surface area contributed by atoms with Crippen LogP contribution in [-0.2, 0) is 9.59 Å². The summed E-state index contributed by atoms with van der Waals surface area (Å²) in [6.45, 7) is 3.53. The number of hydrogen-bond acceptors (Lipinski definition) is 3. The zero-order valence-electron chi connectivity index (χ0n) is 10.7.